The minimum absolute atomic E-state index is 0.0413. The molecule has 0 aliphatic carbocycles. The highest BCUT2D eigenvalue weighted by Gasteiger charge is 2.42. The van der Waals surface area contributed by atoms with Crippen LogP contribution in [0.4, 0.5) is 0 Å². The van der Waals surface area contributed by atoms with E-state index in [0.717, 1.165) is 30.6 Å². The van der Waals surface area contributed by atoms with Gasteiger partial charge in [0.2, 0.25) is 136 Å². The van der Waals surface area contributed by atoms with Crippen LogP contribution in [-0.4, -0.2) is 310 Å². The number of primary amides is 5. The number of nitrogens with zero attached hydrogens (tertiary/aromatic N) is 2. The quantitative estimate of drug-likeness (QED) is 0.0269. The molecule has 2 fully saturated rings. The average Bonchev–Trinajstić information content (AvgIpc) is 1.71. The Kier molecular flexibility index (Phi) is 41.5. The second kappa shape index (κ2) is 49.0. The number of amides is 23. The van der Waals surface area contributed by atoms with Crippen molar-refractivity contribution in [3.8, 4) is 0 Å². The third-order valence-corrected chi connectivity index (χ3v) is 16.7. The summed E-state index contributed by atoms with van der Waals surface area (Å²) in [6.45, 7) is -1.15. The molecule has 0 aromatic carbocycles. The molecule has 23 amide bonds. The summed E-state index contributed by atoms with van der Waals surface area (Å²) in [5.41, 5.74) is 31.8. The number of rotatable bonds is 51. The van der Waals surface area contributed by atoms with E-state index in [4.69, 9.17) is 39.5 Å². The average molecular weight is 1670 g/mol. The summed E-state index contributed by atoms with van der Waals surface area (Å²) in [5.74, 6) is -29.8. The van der Waals surface area contributed by atoms with Gasteiger partial charge in [0, 0.05) is 25.9 Å². The number of nitrogens with one attached hydrogen (secondary N) is 16. The summed E-state index contributed by atoms with van der Waals surface area (Å²) in [5, 5.41) is 62.4. The summed E-state index contributed by atoms with van der Waals surface area (Å²) in [7, 11) is 0. The van der Waals surface area contributed by atoms with Gasteiger partial charge in [-0.15, -0.1) is 0 Å². The van der Waals surface area contributed by atoms with Crippen LogP contribution in [0.1, 0.15) is 111 Å². The van der Waals surface area contributed by atoms with Gasteiger partial charge in [0.25, 0.3) is 0 Å². The number of nitrogens with two attached hydrogens (primary N) is 6. The lowest BCUT2D eigenvalue weighted by molar-refractivity contribution is -0.144. The number of hydrogen-bond donors (Lipinski definition) is 25. The highest BCUT2D eigenvalue weighted by atomic mass is 16.4. The van der Waals surface area contributed by atoms with E-state index in [-0.39, 0.29) is 38.8 Å². The van der Waals surface area contributed by atoms with Crippen LogP contribution in [0.3, 0.4) is 0 Å². The Bertz CT molecular complexity index is 3820. The molecule has 648 valence electrons. The van der Waals surface area contributed by atoms with E-state index in [1.54, 1.807) is 0 Å². The molecule has 2 saturated heterocycles. The summed E-state index contributed by atoms with van der Waals surface area (Å²) >= 11 is 0. The van der Waals surface area contributed by atoms with Crippen LogP contribution in [0.5, 0.6) is 0 Å². The second-order valence-electron chi connectivity index (χ2n) is 26.5. The van der Waals surface area contributed by atoms with Crippen molar-refractivity contribution in [2.45, 2.75) is 190 Å². The molecule has 0 aromatic rings. The van der Waals surface area contributed by atoms with E-state index in [1.807, 2.05) is 16.0 Å². The zero-order valence-corrected chi connectivity index (χ0v) is 63.7. The number of carbonyl (C=O) groups is 26. The topological polar surface area (TPSA) is 860 Å². The third-order valence-electron chi connectivity index (χ3n) is 16.7. The monoisotopic (exact) mass is 1670 g/mol. The summed E-state index contributed by atoms with van der Waals surface area (Å²) < 4.78 is 0. The van der Waals surface area contributed by atoms with Crippen molar-refractivity contribution in [2.75, 3.05) is 52.4 Å². The van der Waals surface area contributed by atoms with Gasteiger partial charge >= 0.3 is 17.9 Å². The Balaban J connectivity index is 2.04. The number of hydrogen-bond acceptors (Lipinski definition) is 27. The van der Waals surface area contributed by atoms with Crippen molar-refractivity contribution in [3.63, 3.8) is 0 Å². The molecule has 0 spiro atoms. The molecule has 2 aliphatic rings. The van der Waals surface area contributed by atoms with Crippen LogP contribution in [0, 0.1) is 0 Å². The van der Waals surface area contributed by atoms with E-state index < -0.39 is 329 Å². The highest BCUT2D eigenvalue weighted by Crippen LogP contribution is 2.22. The predicted octanol–water partition coefficient (Wildman–Crippen LogP) is -16.9. The van der Waals surface area contributed by atoms with Gasteiger partial charge in [0.1, 0.15) is 79.0 Å². The summed E-state index contributed by atoms with van der Waals surface area (Å²) in [4.78, 5) is 332. The Hall–Kier alpha value is -13.8. The summed E-state index contributed by atoms with van der Waals surface area (Å²) in [6, 6.07) is -20.9. The Morgan fingerprint density at radius 1 is 0.308 bits per heavy atom. The van der Waals surface area contributed by atoms with Gasteiger partial charge in [-0.05, 0) is 66.2 Å². The molecule has 31 N–H and O–H groups in total. The number of aliphatic carboxylic acids is 3. The maximum Gasteiger partial charge on any atom is 0.322 e. The first-order valence-electron chi connectivity index (χ1n) is 35.7. The zero-order valence-electron chi connectivity index (χ0n) is 63.7. The Labute approximate surface area is 663 Å². The van der Waals surface area contributed by atoms with Gasteiger partial charge in [0.15, 0.2) is 0 Å². The van der Waals surface area contributed by atoms with Crippen molar-refractivity contribution in [1.82, 2.24) is 94.9 Å². The van der Waals surface area contributed by atoms with Crippen LogP contribution in [0.25, 0.3) is 0 Å². The number of carboxylic acids is 3. The molecule has 2 heterocycles. The maximum atomic E-state index is 14.1. The van der Waals surface area contributed by atoms with Crippen LogP contribution < -0.4 is 119 Å². The fraction of sp³-hybridized carbons (Fsp3) is 0.594. The van der Waals surface area contributed by atoms with Crippen LogP contribution in [-0.2, 0) is 125 Å². The lowest BCUT2D eigenvalue weighted by Gasteiger charge is -2.29. The molecule has 2 aliphatic heterocycles. The SMILES string of the molecule is C[C@H](N)C(=O)N[C@@H](CC(N)=O)C(=O)NCC(=O)N[C@@H](C)C(=O)NCC(=O)N[C@@H](CC(N)=O)C(=O)N[C@@H](CCC(N)=O)C(=O)N1CCC[C@H]1C(=O)NCC(=O)N[C@@H](C)C(=O)N[C@@H](CC(N)=O)C(=O)NCC(=O)N[C@@H](C)C(=O)N[C@@H](CC(=O)O)C(=O)NCC(=O)N[C@@H](CC(=O)O)C(=O)N[C@@H](CCC(N)=O)C(=O)N1CCC[C@H]1C(=O)NCC(=O)O. The molecule has 13 atom stereocenters. The van der Waals surface area contributed by atoms with Gasteiger partial charge in [-0.1, -0.05) is 0 Å². The molecular weight excluding hydrogens is 1570 g/mol. The highest BCUT2D eigenvalue weighted by molar-refractivity contribution is 6.02. The molecule has 0 aromatic heterocycles. The van der Waals surface area contributed by atoms with E-state index >= 15 is 0 Å². The first-order valence-corrected chi connectivity index (χ1v) is 35.7. The number of likely N-dealkylation sites (tertiary alicyclic amines) is 2. The lowest BCUT2D eigenvalue weighted by Crippen LogP contribution is -2.58. The van der Waals surface area contributed by atoms with Gasteiger partial charge in [-0.2, -0.15) is 0 Å². The van der Waals surface area contributed by atoms with Crippen molar-refractivity contribution in [1.29, 1.82) is 0 Å². The van der Waals surface area contributed by atoms with E-state index in [2.05, 4.69) is 69.1 Å². The number of carboxylic acid groups (broad SMARTS) is 3. The van der Waals surface area contributed by atoms with Gasteiger partial charge in [0.05, 0.1) is 70.9 Å². The first kappa shape index (κ1) is 99.3. The van der Waals surface area contributed by atoms with Crippen LogP contribution >= 0.6 is 0 Å². The standard InChI is InChI=1S/C64H98N24O29/c1-26(65)52(105)84-32(15-41(68)91)56(109)72-20-44(94)77-27(2)53(106)71-23-47(97)80-34(17-43(70)93)59(112)82-30(9-11-39(66)89)63(116)87-13-5-7-37(87)61(114)75-22-46(96)79-28(3)54(107)85-33(16-42(69)92)57(110)73-21-45(95)78-29(4)55(108)86-35(18-49(99)100)58(111)74-24-48(98)81-36(19-50(101)102)60(113)83-31(10-12-40(67)90)64(117)88-14-6-8-38(88)62(115)76-25-51(103)104/h26-38H,5-25,65H2,1-4H3,(H2,66,89)(H2,67,90)(H2,68,91)(H2,69,92)(H2,70,93)(H,71,106)(H,72,109)(H,73,110)(H,74,111)(H,75,114)(H,76,115)(H,77,94)(H,78,95)(H,79,96)(H,80,97)(H,81,98)(H,82,112)(H,83,113)(H,84,105)(H,85,107)(H,86,108)(H,99,100)(H,101,102)(H,103,104)/t26-,27-,28-,29-,30-,31-,32-,33-,34-,35-,36-,37-,38-/m0/s1. The Morgan fingerprint density at radius 2 is 0.581 bits per heavy atom. The van der Waals surface area contributed by atoms with E-state index in [0.29, 0.717) is 0 Å². The second-order valence-corrected chi connectivity index (χ2v) is 26.5. The van der Waals surface area contributed by atoms with Crippen LogP contribution in [0.15, 0.2) is 0 Å². The minimum Gasteiger partial charge on any atom is -0.481 e. The van der Waals surface area contributed by atoms with Crippen molar-refractivity contribution >= 4 is 154 Å². The smallest absolute Gasteiger partial charge is 0.322 e. The molecule has 53 heteroatoms. The third kappa shape index (κ3) is 37.1. The number of carbonyl (C=O) groups excluding carboxylic acids is 23. The molecule has 117 heavy (non-hydrogen) atoms. The lowest BCUT2D eigenvalue weighted by atomic mass is 10.1. The normalized spacial score (nSPS) is 16.1. The molecule has 0 radical (unpaired) electrons. The van der Waals surface area contributed by atoms with E-state index in [9.17, 15) is 135 Å². The van der Waals surface area contributed by atoms with E-state index in [1.165, 1.54) is 6.92 Å². The molecular formula is C64H98N24O29. The fourth-order valence-corrected chi connectivity index (χ4v) is 10.9. The fourth-order valence-electron chi connectivity index (χ4n) is 10.9. The van der Waals surface area contributed by atoms with Gasteiger partial charge < -0.3 is 145 Å². The summed E-state index contributed by atoms with van der Waals surface area (Å²) in [6.07, 6.45) is -6.49. The van der Waals surface area contributed by atoms with Crippen molar-refractivity contribution < 1.29 is 140 Å². The molecule has 0 bridgehead atoms. The molecule has 2 rings (SSSR count). The molecule has 0 saturated carbocycles. The first-order chi connectivity index (χ1) is 54.6. The molecule has 53 nitrogen and oxygen atoms in total. The van der Waals surface area contributed by atoms with Gasteiger partial charge in [-0.25, -0.2) is 0 Å². The largest absolute Gasteiger partial charge is 0.481 e. The minimum atomic E-state index is -2.02. The predicted molar refractivity (Wildman–Crippen MR) is 388 cm³/mol. The van der Waals surface area contributed by atoms with Crippen molar-refractivity contribution in [2.24, 2.45) is 34.4 Å². The van der Waals surface area contributed by atoms with Crippen molar-refractivity contribution in [3.05, 3.63) is 0 Å². The Morgan fingerprint density at radius 3 is 0.897 bits per heavy atom. The van der Waals surface area contributed by atoms with Gasteiger partial charge in [-0.3, -0.25) is 125 Å². The zero-order chi connectivity index (χ0) is 88.8. The molecule has 0 unspecified atom stereocenters. The van der Waals surface area contributed by atoms with Crippen LogP contribution in [0.2, 0.25) is 0 Å². The maximum absolute atomic E-state index is 14.1.